The van der Waals surface area contributed by atoms with Gasteiger partial charge in [-0.1, -0.05) is 23.2 Å². The molecule has 0 radical (unpaired) electrons. The van der Waals surface area contributed by atoms with E-state index in [1.165, 1.54) is 32.0 Å². The van der Waals surface area contributed by atoms with E-state index in [1.807, 2.05) is 0 Å². The number of aromatic carboxylic acids is 1. The Morgan fingerprint density at radius 2 is 1.88 bits per heavy atom. The normalized spacial score (nSPS) is 11.7. The SMILES string of the molecule is Cc1cc(NC(=O)[C@H](C)Oc2ccc(Cl)cc2Cl)cc(C(=O)O)c1O. The fraction of sp³-hybridized carbons (Fsp3) is 0.176. The molecule has 0 aliphatic heterocycles. The Labute approximate surface area is 153 Å². The monoisotopic (exact) mass is 383 g/mol. The summed E-state index contributed by atoms with van der Waals surface area (Å²) in [6.45, 7) is 3.05. The highest BCUT2D eigenvalue weighted by atomic mass is 35.5. The molecule has 8 heteroatoms. The number of phenols is 1. The molecule has 0 spiro atoms. The van der Waals surface area contributed by atoms with Crippen LogP contribution in [0.1, 0.15) is 22.8 Å². The van der Waals surface area contributed by atoms with Crippen molar-refractivity contribution in [2.45, 2.75) is 20.0 Å². The van der Waals surface area contributed by atoms with Crippen molar-refractivity contribution in [1.29, 1.82) is 0 Å². The molecule has 0 unspecified atom stereocenters. The van der Waals surface area contributed by atoms with Gasteiger partial charge < -0.3 is 20.3 Å². The van der Waals surface area contributed by atoms with Crippen molar-refractivity contribution in [3.63, 3.8) is 0 Å². The number of anilines is 1. The fourth-order valence-corrected chi connectivity index (χ4v) is 2.53. The van der Waals surface area contributed by atoms with Crippen LogP contribution in [0, 0.1) is 6.92 Å². The Balaban J connectivity index is 2.15. The maximum absolute atomic E-state index is 12.3. The number of carbonyl (C=O) groups is 2. The number of halogens is 2. The average Bonchev–Trinajstić information content (AvgIpc) is 2.52. The zero-order valence-electron chi connectivity index (χ0n) is 13.3. The lowest BCUT2D eigenvalue weighted by atomic mass is 10.1. The van der Waals surface area contributed by atoms with Gasteiger partial charge in [0.05, 0.1) is 5.02 Å². The molecule has 0 aromatic heterocycles. The maximum atomic E-state index is 12.3. The Morgan fingerprint density at radius 1 is 1.20 bits per heavy atom. The number of aryl methyl sites for hydroxylation is 1. The van der Waals surface area contributed by atoms with Crippen molar-refractivity contribution in [2.24, 2.45) is 0 Å². The molecule has 132 valence electrons. The van der Waals surface area contributed by atoms with Crippen LogP contribution >= 0.6 is 23.2 Å². The second kappa shape index (κ2) is 7.63. The van der Waals surface area contributed by atoms with Gasteiger partial charge >= 0.3 is 5.97 Å². The first-order chi connectivity index (χ1) is 11.7. The van der Waals surface area contributed by atoms with E-state index in [0.29, 0.717) is 16.3 Å². The molecule has 1 amide bonds. The average molecular weight is 384 g/mol. The highest BCUT2D eigenvalue weighted by Crippen LogP contribution is 2.29. The summed E-state index contributed by atoms with van der Waals surface area (Å²) < 4.78 is 5.50. The number of ether oxygens (including phenoxy) is 1. The number of carboxylic acid groups (broad SMARTS) is 1. The summed E-state index contributed by atoms with van der Waals surface area (Å²) in [6.07, 6.45) is -0.902. The van der Waals surface area contributed by atoms with Gasteiger partial charge in [-0.2, -0.15) is 0 Å². The number of amides is 1. The number of hydrogen-bond acceptors (Lipinski definition) is 4. The van der Waals surface area contributed by atoms with Crippen molar-refractivity contribution >= 4 is 40.8 Å². The molecular formula is C17H15Cl2NO5. The molecule has 0 saturated heterocycles. The predicted molar refractivity (Wildman–Crippen MR) is 95.0 cm³/mol. The number of carboxylic acids is 1. The van der Waals surface area contributed by atoms with Gasteiger partial charge in [0.25, 0.3) is 5.91 Å². The first-order valence-electron chi connectivity index (χ1n) is 7.18. The molecule has 25 heavy (non-hydrogen) atoms. The van der Waals surface area contributed by atoms with Crippen LogP contribution in [-0.4, -0.2) is 28.2 Å². The van der Waals surface area contributed by atoms with Crippen LogP contribution in [0.15, 0.2) is 30.3 Å². The molecule has 1 atom stereocenters. The summed E-state index contributed by atoms with van der Waals surface area (Å²) in [5.74, 6) is -1.86. The highest BCUT2D eigenvalue weighted by molar-refractivity contribution is 6.35. The largest absolute Gasteiger partial charge is 0.507 e. The summed E-state index contributed by atoms with van der Waals surface area (Å²) in [7, 11) is 0. The summed E-state index contributed by atoms with van der Waals surface area (Å²) in [5, 5.41) is 22.1. The quantitative estimate of drug-likeness (QED) is 0.675. The van der Waals surface area contributed by atoms with Crippen molar-refractivity contribution < 1.29 is 24.5 Å². The van der Waals surface area contributed by atoms with Gasteiger partial charge in [0.2, 0.25) is 0 Å². The second-order valence-electron chi connectivity index (χ2n) is 5.32. The second-order valence-corrected chi connectivity index (χ2v) is 6.16. The lowest BCUT2D eigenvalue weighted by molar-refractivity contribution is -0.122. The number of aromatic hydroxyl groups is 1. The third kappa shape index (κ3) is 4.55. The standard InChI is InChI=1S/C17H15Cl2NO5/c1-8-5-11(7-12(15(8)21)17(23)24)20-16(22)9(2)25-14-4-3-10(18)6-13(14)19/h3-7,9,21H,1-2H3,(H,20,22)(H,23,24)/t9-/m0/s1. The lowest BCUT2D eigenvalue weighted by Gasteiger charge is -2.16. The van der Waals surface area contributed by atoms with E-state index in [9.17, 15) is 14.7 Å². The maximum Gasteiger partial charge on any atom is 0.339 e. The molecule has 0 aliphatic carbocycles. The van der Waals surface area contributed by atoms with Gasteiger partial charge in [-0.05, 0) is 49.7 Å². The molecule has 2 aromatic rings. The van der Waals surface area contributed by atoms with E-state index >= 15 is 0 Å². The third-order valence-corrected chi connectivity index (χ3v) is 3.90. The van der Waals surface area contributed by atoms with E-state index in [-0.39, 0.29) is 22.0 Å². The van der Waals surface area contributed by atoms with Crippen LogP contribution in [0.5, 0.6) is 11.5 Å². The fourth-order valence-electron chi connectivity index (χ4n) is 2.07. The zero-order chi connectivity index (χ0) is 18.7. The summed E-state index contributed by atoms with van der Waals surface area (Å²) in [6, 6.07) is 7.25. The molecule has 0 aliphatic rings. The molecule has 0 fully saturated rings. The minimum Gasteiger partial charge on any atom is -0.507 e. The van der Waals surface area contributed by atoms with Crippen molar-refractivity contribution in [1.82, 2.24) is 0 Å². The van der Waals surface area contributed by atoms with E-state index < -0.39 is 18.0 Å². The van der Waals surface area contributed by atoms with Gasteiger partial charge in [-0.15, -0.1) is 0 Å². The van der Waals surface area contributed by atoms with Gasteiger partial charge in [0.15, 0.2) is 6.10 Å². The first-order valence-corrected chi connectivity index (χ1v) is 7.94. The van der Waals surface area contributed by atoms with Crippen LogP contribution in [0.25, 0.3) is 0 Å². The summed E-state index contributed by atoms with van der Waals surface area (Å²) in [5.41, 5.74) is 0.254. The molecule has 6 nitrogen and oxygen atoms in total. The van der Waals surface area contributed by atoms with E-state index in [1.54, 1.807) is 12.1 Å². The first kappa shape index (κ1) is 18.9. The third-order valence-electron chi connectivity index (χ3n) is 3.37. The van der Waals surface area contributed by atoms with Gasteiger partial charge in [-0.25, -0.2) is 4.79 Å². The number of benzene rings is 2. The van der Waals surface area contributed by atoms with Crippen LogP contribution in [0.4, 0.5) is 5.69 Å². The Kier molecular flexibility index (Phi) is 5.77. The Hall–Kier alpha value is -2.44. The van der Waals surface area contributed by atoms with Crippen LogP contribution in [0.2, 0.25) is 10.0 Å². The number of rotatable bonds is 5. The van der Waals surface area contributed by atoms with E-state index in [2.05, 4.69) is 5.32 Å². The van der Waals surface area contributed by atoms with Crippen LogP contribution in [-0.2, 0) is 4.79 Å². The highest BCUT2D eigenvalue weighted by Gasteiger charge is 2.19. The number of nitrogens with one attached hydrogen (secondary N) is 1. The zero-order valence-corrected chi connectivity index (χ0v) is 14.9. The van der Waals surface area contributed by atoms with Gasteiger partial charge in [0, 0.05) is 10.7 Å². The van der Waals surface area contributed by atoms with Crippen molar-refractivity contribution in [3.05, 3.63) is 51.5 Å². The molecule has 0 saturated carbocycles. The number of hydrogen-bond donors (Lipinski definition) is 3. The summed E-state index contributed by atoms with van der Waals surface area (Å²) >= 11 is 11.8. The summed E-state index contributed by atoms with van der Waals surface area (Å²) in [4.78, 5) is 23.4. The van der Waals surface area contributed by atoms with Gasteiger partial charge in [0.1, 0.15) is 17.1 Å². The van der Waals surface area contributed by atoms with E-state index in [0.717, 1.165) is 0 Å². The van der Waals surface area contributed by atoms with Crippen molar-refractivity contribution in [2.75, 3.05) is 5.32 Å². The molecule has 0 heterocycles. The molecule has 2 rings (SSSR count). The smallest absolute Gasteiger partial charge is 0.339 e. The predicted octanol–water partition coefficient (Wildman–Crippen LogP) is 4.11. The van der Waals surface area contributed by atoms with E-state index in [4.69, 9.17) is 33.0 Å². The molecule has 3 N–H and O–H groups in total. The minimum atomic E-state index is -1.30. The molecule has 0 bridgehead atoms. The van der Waals surface area contributed by atoms with Crippen molar-refractivity contribution in [3.8, 4) is 11.5 Å². The molecular weight excluding hydrogens is 369 g/mol. The minimum absolute atomic E-state index is 0.232. The Bertz CT molecular complexity index is 838. The number of carbonyl (C=O) groups excluding carboxylic acids is 1. The Morgan fingerprint density at radius 3 is 2.48 bits per heavy atom. The topological polar surface area (TPSA) is 95.9 Å². The van der Waals surface area contributed by atoms with Crippen LogP contribution < -0.4 is 10.1 Å². The van der Waals surface area contributed by atoms with Gasteiger partial charge in [-0.3, -0.25) is 4.79 Å². The van der Waals surface area contributed by atoms with Crippen LogP contribution in [0.3, 0.4) is 0 Å². The molecule has 2 aromatic carbocycles. The lowest BCUT2D eigenvalue weighted by Crippen LogP contribution is -2.30.